The Kier molecular flexibility index (Phi) is 4.39. The van der Waals surface area contributed by atoms with Crippen molar-refractivity contribution in [2.75, 3.05) is 11.1 Å². The highest BCUT2D eigenvalue weighted by atomic mass is 19.3. The van der Waals surface area contributed by atoms with Crippen molar-refractivity contribution in [1.29, 1.82) is 0 Å². The summed E-state index contributed by atoms with van der Waals surface area (Å²) in [5, 5.41) is 3.26. The van der Waals surface area contributed by atoms with Crippen LogP contribution in [-0.4, -0.2) is 6.04 Å². The molecular weight excluding hydrogens is 234 g/mol. The Bertz CT molecular complexity index is 385. The highest BCUT2D eigenvalue weighted by Gasteiger charge is 2.17. The van der Waals surface area contributed by atoms with Crippen molar-refractivity contribution in [2.45, 2.75) is 51.0 Å². The highest BCUT2D eigenvalue weighted by Crippen LogP contribution is 2.31. The molecule has 0 radical (unpaired) electrons. The summed E-state index contributed by atoms with van der Waals surface area (Å²) in [6, 6.07) is 5.02. The lowest BCUT2D eigenvalue weighted by atomic mass is 10.1. The normalized spacial score (nSPS) is 17.7. The number of anilines is 2. The third kappa shape index (κ3) is 3.34. The van der Waals surface area contributed by atoms with Gasteiger partial charge in [-0.1, -0.05) is 25.7 Å². The molecule has 2 rings (SSSR count). The van der Waals surface area contributed by atoms with Gasteiger partial charge in [0.2, 0.25) is 0 Å². The Labute approximate surface area is 107 Å². The van der Waals surface area contributed by atoms with Crippen LogP contribution in [0, 0.1) is 0 Å². The van der Waals surface area contributed by atoms with Crippen LogP contribution in [0.1, 0.15) is 50.5 Å². The summed E-state index contributed by atoms with van der Waals surface area (Å²) in [7, 11) is 0. The Balaban J connectivity index is 2.12. The maximum atomic E-state index is 12.9. The molecule has 4 heteroatoms. The van der Waals surface area contributed by atoms with Crippen molar-refractivity contribution in [3.63, 3.8) is 0 Å². The van der Waals surface area contributed by atoms with E-state index in [-0.39, 0.29) is 5.56 Å². The predicted molar refractivity (Wildman–Crippen MR) is 70.9 cm³/mol. The maximum absolute atomic E-state index is 12.9. The molecule has 1 aliphatic carbocycles. The van der Waals surface area contributed by atoms with Gasteiger partial charge < -0.3 is 11.1 Å². The first-order chi connectivity index (χ1) is 8.66. The number of hydrogen-bond acceptors (Lipinski definition) is 2. The van der Waals surface area contributed by atoms with Crippen LogP contribution in [0.2, 0.25) is 0 Å². The Hall–Kier alpha value is -1.32. The number of nitrogens with one attached hydrogen (secondary N) is 1. The molecule has 0 bridgehead atoms. The minimum atomic E-state index is -2.48. The van der Waals surface area contributed by atoms with Gasteiger partial charge in [-0.2, -0.15) is 0 Å². The summed E-state index contributed by atoms with van der Waals surface area (Å²) in [6.07, 6.45) is 4.50. The van der Waals surface area contributed by atoms with E-state index in [1.54, 1.807) is 12.1 Å². The quantitative estimate of drug-likeness (QED) is 0.622. The number of benzene rings is 1. The zero-order valence-corrected chi connectivity index (χ0v) is 10.5. The van der Waals surface area contributed by atoms with Crippen molar-refractivity contribution >= 4 is 11.4 Å². The first-order valence-corrected chi connectivity index (χ1v) is 6.61. The van der Waals surface area contributed by atoms with E-state index < -0.39 is 6.43 Å². The van der Waals surface area contributed by atoms with E-state index >= 15 is 0 Å². The lowest BCUT2D eigenvalue weighted by Gasteiger charge is -2.20. The fourth-order valence-corrected chi connectivity index (χ4v) is 2.54. The zero-order valence-electron chi connectivity index (χ0n) is 10.5. The van der Waals surface area contributed by atoms with E-state index in [0.717, 1.165) is 12.8 Å². The van der Waals surface area contributed by atoms with Gasteiger partial charge in [0.05, 0.1) is 0 Å². The van der Waals surface area contributed by atoms with Gasteiger partial charge in [0, 0.05) is 23.0 Å². The van der Waals surface area contributed by atoms with Gasteiger partial charge in [-0.05, 0) is 31.0 Å². The van der Waals surface area contributed by atoms with Gasteiger partial charge in [-0.25, -0.2) is 8.78 Å². The molecule has 0 amide bonds. The minimum Gasteiger partial charge on any atom is -0.399 e. The second-order valence-electron chi connectivity index (χ2n) is 4.98. The Morgan fingerprint density at radius 3 is 2.39 bits per heavy atom. The summed E-state index contributed by atoms with van der Waals surface area (Å²) in [5.41, 5.74) is 6.49. The standard InChI is InChI=1S/C14H20F2N2/c15-14(16)12-9-10(17)7-8-13(12)18-11-5-3-1-2-4-6-11/h7-9,11,14,18H,1-6,17H2. The fraction of sp³-hybridized carbons (Fsp3) is 0.571. The Morgan fingerprint density at radius 2 is 1.78 bits per heavy atom. The lowest BCUT2D eigenvalue weighted by Crippen LogP contribution is -2.19. The molecule has 0 spiro atoms. The number of halogens is 2. The third-order valence-electron chi connectivity index (χ3n) is 3.53. The minimum absolute atomic E-state index is 0.0132. The molecule has 1 saturated carbocycles. The second-order valence-corrected chi connectivity index (χ2v) is 4.98. The smallest absolute Gasteiger partial charge is 0.265 e. The van der Waals surface area contributed by atoms with Gasteiger partial charge >= 0.3 is 0 Å². The van der Waals surface area contributed by atoms with E-state index in [1.165, 1.54) is 31.7 Å². The summed E-state index contributed by atoms with van der Waals surface area (Å²) < 4.78 is 25.9. The van der Waals surface area contributed by atoms with E-state index in [9.17, 15) is 8.78 Å². The van der Waals surface area contributed by atoms with Crippen LogP contribution in [0.15, 0.2) is 18.2 Å². The van der Waals surface area contributed by atoms with E-state index in [2.05, 4.69) is 5.32 Å². The molecule has 1 aliphatic rings. The molecule has 1 aromatic carbocycles. The average molecular weight is 254 g/mol. The summed E-state index contributed by atoms with van der Waals surface area (Å²) >= 11 is 0. The molecule has 1 fully saturated rings. The first-order valence-electron chi connectivity index (χ1n) is 6.61. The van der Waals surface area contributed by atoms with Crippen LogP contribution in [0.3, 0.4) is 0 Å². The van der Waals surface area contributed by atoms with Crippen LogP contribution < -0.4 is 11.1 Å². The highest BCUT2D eigenvalue weighted by molar-refractivity contribution is 5.59. The van der Waals surface area contributed by atoms with Crippen molar-refractivity contribution < 1.29 is 8.78 Å². The average Bonchev–Trinajstić information content (AvgIpc) is 2.60. The van der Waals surface area contributed by atoms with Crippen LogP contribution in [0.4, 0.5) is 20.2 Å². The fourth-order valence-electron chi connectivity index (χ4n) is 2.54. The molecule has 0 heterocycles. The third-order valence-corrected chi connectivity index (χ3v) is 3.53. The number of alkyl halides is 2. The largest absolute Gasteiger partial charge is 0.399 e. The predicted octanol–water partition coefficient (Wildman–Crippen LogP) is 4.34. The van der Waals surface area contributed by atoms with Gasteiger partial charge in [-0.3, -0.25) is 0 Å². The monoisotopic (exact) mass is 254 g/mol. The molecule has 100 valence electrons. The topological polar surface area (TPSA) is 38.0 Å². The molecule has 2 nitrogen and oxygen atoms in total. The van der Waals surface area contributed by atoms with Gasteiger partial charge in [0.1, 0.15) is 0 Å². The maximum Gasteiger partial charge on any atom is 0.265 e. The number of nitrogens with two attached hydrogens (primary N) is 1. The van der Waals surface area contributed by atoms with Gasteiger partial charge in [-0.15, -0.1) is 0 Å². The molecular formula is C14H20F2N2. The number of hydrogen-bond donors (Lipinski definition) is 2. The lowest BCUT2D eigenvalue weighted by molar-refractivity contribution is 0.152. The van der Waals surface area contributed by atoms with Crippen molar-refractivity contribution in [3.05, 3.63) is 23.8 Å². The zero-order chi connectivity index (χ0) is 13.0. The molecule has 0 aliphatic heterocycles. The first kappa shape index (κ1) is 13.1. The molecule has 0 unspecified atom stereocenters. The second kappa shape index (κ2) is 6.03. The van der Waals surface area contributed by atoms with Crippen LogP contribution >= 0.6 is 0 Å². The van der Waals surface area contributed by atoms with E-state index in [1.807, 2.05) is 0 Å². The van der Waals surface area contributed by atoms with Crippen LogP contribution in [-0.2, 0) is 0 Å². The van der Waals surface area contributed by atoms with Crippen molar-refractivity contribution in [3.8, 4) is 0 Å². The molecule has 1 aromatic rings. The summed E-state index contributed by atoms with van der Waals surface area (Å²) in [5.74, 6) is 0. The molecule has 3 N–H and O–H groups in total. The van der Waals surface area contributed by atoms with E-state index in [0.29, 0.717) is 17.4 Å². The van der Waals surface area contributed by atoms with E-state index in [4.69, 9.17) is 5.73 Å². The number of nitrogen functional groups attached to an aromatic ring is 1. The molecule has 0 aromatic heterocycles. The van der Waals surface area contributed by atoms with Crippen LogP contribution in [0.25, 0.3) is 0 Å². The molecule has 0 atom stereocenters. The van der Waals surface area contributed by atoms with Crippen LogP contribution in [0.5, 0.6) is 0 Å². The molecule has 0 saturated heterocycles. The van der Waals surface area contributed by atoms with Crippen molar-refractivity contribution in [2.24, 2.45) is 0 Å². The Morgan fingerprint density at radius 1 is 1.11 bits per heavy atom. The number of rotatable bonds is 3. The molecule has 18 heavy (non-hydrogen) atoms. The van der Waals surface area contributed by atoms with Gasteiger partial charge in [0.25, 0.3) is 6.43 Å². The summed E-state index contributed by atoms with van der Waals surface area (Å²) in [4.78, 5) is 0. The van der Waals surface area contributed by atoms with Crippen molar-refractivity contribution in [1.82, 2.24) is 0 Å². The summed E-state index contributed by atoms with van der Waals surface area (Å²) in [6.45, 7) is 0. The van der Waals surface area contributed by atoms with Gasteiger partial charge in [0.15, 0.2) is 0 Å². The SMILES string of the molecule is Nc1ccc(NC2CCCCCC2)c(C(F)F)c1.